The highest BCUT2D eigenvalue weighted by Crippen LogP contribution is 2.51. The molecule has 3 unspecified atom stereocenters. The summed E-state index contributed by atoms with van der Waals surface area (Å²) in [6, 6.07) is 36.8. The summed E-state index contributed by atoms with van der Waals surface area (Å²) in [5, 5.41) is 9.54. The number of fused-ring (bicyclic) bond motifs is 1. The van der Waals surface area contributed by atoms with Crippen LogP contribution in [0.15, 0.2) is 122 Å². The third kappa shape index (κ3) is 10.4. The van der Waals surface area contributed by atoms with Crippen LogP contribution in [0.2, 0.25) is 0 Å². The van der Waals surface area contributed by atoms with E-state index in [4.69, 9.17) is 42.7 Å². The van der Waals surface area contributed by atoms with Crippen LogP contribution in [0.4, 0.5) is 5.82 Å². The predicted molar refractivity (Wildman–Crippen MR) is 257 cm³/mol. The zero-order valence-electron chi connectivity index (χ0n) is 39.6. The van der Waals surface area contributed by atoms with E-state index in [9.17, 15) is 10.1 Å². The van der Waals surface area contributed by atoms with Gasteiger partial charge in [-0.2, -0.15) is 5.26 Å². The third-order valence-corrected chi connectivity index (χ3v) is 13.8. The van der Waals surface area contributed by atoms with Crippen molar-refractivity contribution in [2.24, 2.45) is 0 Å². The molecule has 1 fully saturated rings. The maximum Gasteiger partial charge on any atom is 0.259 e. The smallest absolute Gasteiger partial charge is 0.259 e. The number of nitriles is 1. The van der Waals surface area contributed by atoms with E-state index in [2.05, 4.69) is 43.4 Å². The Morgan fingerprint density at radius 3 is 1.90 bits per heavy atom. The summed E-state index contributed by atoms with van der Waals surface area (Å²) in [6.45, 7) is 12.4. The number of benzene rings is 4. The minimum absolute atomic E-state index is 0.00171. The average Bonchev–Trinajstić information content (AvgIpc) is 3.93. The molecule has 15 nitrogen and oxygen atoms in total. The van der Waals surface area contributed by atoms with Gasteiger partial charge in [-0.3, -0.25) is 14.3 Å². The van der Waals surface area contributed by atoms with Gasteiger partial charge in [-0.05, 0) is 94.6 Å². The number of aromatic nitrogens is 4. The molecule has 7 rings (SSSR count). The Kier molecular flexibility index (Phi) is 16.4. The zero-order valence-corrected chi connectivity index (χ0v) is 40.4. The van der Waals surface area contributed by atoms with E-state index >= 15 is 0 Å². The van der Waals surface area contributed by atoms with Gasteiger partial charge in [0.2, 0.25) is 0 Å². The van der Waals surface area contributed by atoms with Gasteiger partial charge in [0.1, 0.15) is 41.7 Å². The molecule has 5 atom stereocenters. The lowest BCUT2D eigenvalue weighted by Gasteiger charge is -2.39. The summed E-state index contributed by atoms with van der Waals surface area (Å²) < 4.78 is 49.8. The number of methoxy groups -OCH3 is 3. The number of carbonyl (C=O) groups excluding carboxylic acids is 1. The average molecular weight is 930 g/mol. The van der Waals surface area contributed by atoms with Crippen LogP contribution in [0.3, 0.4) is 0 Å². The van der Waals surface area contributed by atoms with Gasteiger partial charge in [-0.25, -0.2) is 19.6 Å². The van der Waals surface area contributed by atoms with Gasteiger partial charge >= 0.3 is 0 Å². The molecule has 0 N–H and O–H groups in total. The molecule has 0 bridgehead atoms. The lowest BCUT2D eigenvalue weighted by molar-refractivity contribution is -0.0938. The van der Waals surface area contributed by atoms with Gasteiger partial charge < -0.3 is 32.7 Å². The van der Waals surface area contributed by atoms with E-state index in [1.165, 1.54) is 6.33 Å². The van der Waals surface area contributed by atoms with Crippen LogP contribution >= 0.6 is 8.53 Å². The van der Waals surface area contributed by atoms with Crippen molar-refractivity contribution < 1.29 is 37.5 Å². The quantitative estimate of drug-likeness (QED) is 0.0383. The largest absolute Gasteiger partial charge is 0.497 e. The Morgan fingerprint density at radius 1 is 0.776 bits per heavy atom. The molecule has 6 aromatic rings. The maximum absolute atomic E-state index is 14.1. The summed E-state index contributed by atoms with van der Waals surface area (Å²) >= 11 is 0. The van der Waals surface area contributed by atoms with Gasteiger partial charge in [-0.15, -0.1) is 0 Å². The standard InChI is InChI=1S/C51H60N7O8P/c1-34(2)57(49(59)37-17-12-10-13-18-37)48-44-47(53-32-54-48)56(33-55-44)50-46(62-9)45(66-67(64-30-16-29-52)58(35(3)4)36(5)6)43(65-50)31-63-51(38-19-14-11-15-20-38,39-21-25-41(60-7)26-22-39)40-23-27-42(61-8)28-24-40/h10-15,17-28,32-36,43,45-46,50H,16,30-31H2,1-9H3/t43-,45?,46?,50-,67?/m1/s1. The second kappa shape index (κ2) is 22.3. The molecule has 1 aliphatic rings. The monoisotopic (exact) mass is 929 g/mol. The molecule has 16 heteroatoms. The SMILES string of the molecule is COc1ccc(C(OC[C@H]2O[C@@H](n3cnc4c(N(C(=O)c5ccccc5)C(C)C)ncnc43)C(OC)C2OP(OCCC#N)N(C(C)C)C(C)C)(c2ccccc2)c2ccc(OC)cc2)cc1. The molecule has 1 saturated heterocycles. The Bertz CT molecular complexity index is 2500. The lowest BCUT2D eigenvalue weighted by Crippen LogP contribution is -2.42. The summed E-state index contributed by atoms with van der Waals surface area (Å²) in [4.78, 5) is 29.9. The molecule has 0 aliphatic carbocycles. The van der Waals surface area contributed by atoms with Crippen LogP contribution in [-0.4, -0.2) is 101 Å². The number of hydrogen-bond donors (Lipinski definition) is 0. The number of carbonyl (C=O) groups is 1. The second-order valence-electron chi connectivity index (χ2n) is 16.9. The van der Waals surface area contributed by atoms with E-state index in [1.54, 1.807) is 49.3 Å². The molecule has 0 radical (unpaired) electrons. The molecule has 3 heterocycles. The van der Waals surface area contributed by atoms with E-state index in [-0.39, 0.29) is 43.7 Å². The fraction of sp³-hybridized carbons (Fsp3) is 0.392. The van der Waals surface area contributed by atoms with Crippen LogP contribution in [0.5, 0.6) is 11.5 Å². The van der Waals surface area contributed by atoms with Crippen LogP contribution in [-0.2, 0) is 28.9 Å². The minimum atomic E-state index is -1.78. The minimum Gasteiger partial charge on any atom is -0.497 e. The number of ether oxygens (including phenoxy) is 5. The van der Waals surface area contributed by atoms with Crippen molar-refractivity contribution in [3.63, 3.8) is 0 Å². The fourth-order valence-corrected chi connectivity index (χ4v) is 10.4. The molecular weight excluding hydrogens is 870 g/mol. The maximum atomic E-state index is 14.1. The number of nitrogens with zero attached hydrogens (tertiary/aromatic N) is 7. The van der Waals surface area contributed by atoms with E-state index in [1.807, 2.05) is 111 Å². The van der Waals surface area contributed by atoms with E-state index in [0.29, 0.717) is 34.0 Å². The third-order valence-electron chi connectivity index (χ3n) is 11.7. The summed E-state index contributed by atoms with van der Waals surface area (Å²) in [7, 11) is 3.11. The highest BCUT2D eigenvalue weighted by molar-refractivity contribution is 7.44. The van der Waals surface area contributed by atoms with Gasteiger partial charge in [0.15, 0.2) is 23.2 Å². The normalized spacial score (nSPS) is 17.9. The van der Waals surface area contributed by atoms with Crippen molar-refractivity contribution in [3.8, 4) is 17.6 Å². The second-order valence-corrected chi connectivity index (χ2v) is 18.3. The van der Waals surface area contributed by atoms with Gasteiger partial charge in [0.25, 0.3) is 14.4 Å². The van der Waals surface area contributed by atoms with E-state index < -0.39 is 38.7 Å². The van der Waals surface area contributed by atoms with E-state index in [0.717, 1.165) is 16.7 Å². The van der Waals surface area contributed by atoms with Crippen molar-refractivity contribution in [3.05, 3.63) is 144 Å². The molecule has 0 saturated carbocycles. The summed E-state index contributed by atoms with van der Waals surface area (Å²) in [6.07, 6.45) is 0.0374. The predicted octanol–water partition coefficient (Wildman–Crippen LogP) is 9.48. The van der Waals surface area contributed by atoms with Crippen LogP contribution in [0.25, 0.3) is 11.2 Å². The van der Waals surface area contributed by atoms with Crippen molar-refractivity contribution in [1.29, 1.82) is 5.26 Å². The first-order valence-electron chi connectivity index (χ1n) is 22.4. The molecule has 67 heavy (non-hydrogen) atoms. The van der Waals surface area contributed by atoms with Crippen LogP contribution < -0.4 is 14.4 Å². The highest BCUT2D eigenvalue weighted by Gasteiger charge is 2.51. The van der Waals surface area contributed by atoms with Crippen molar-refractivity contribution in [2.45, 2.75) is 96.2 Å². The molecule has 0 spiro atoms. The highest BCUT2D eigenvalue weighted by atomic mass is 31.2. The Labute approximate surface area is 394 Å². The number of anilines is 1. The zero-order chi connectivity index (χ0) is 47.7. The number of amides is 1. The van der Waals surface area contributed by atoms with Crippen LogP contribution in [0, 0.1) is 11.3 Å². The Hall–Kier alpha value is -5.82. The molecule has 4 aromatic carbocycles. The first kappa shape index (κ1) is 49.1. The Balaban J connectivity index is 1.36. The first-order chi connectivity index (χ1) is 32.5. The molecular formula is C51H60N7O8P. The topological polar surface area (TPSA) is 156 Å². The number of hydrogen-bond acceptors (Lipinski definition) is 13. The summed E-state index contributed by atoms with van der Waals surface area (Å²) in [5.41, 5.74) is 2.74. The fourth-order valence-electron chi connectivity index (χ4n) is 8.62. The van der Waals surface area contributed by atoms with Crippen molar-refractivity contribution >= 4 is 31.4 Å². The van der Waals surface area contributed by atoms with Gasteiger partial charge in [-0.1, -0.05) is 72.8 Å². The van der Waals surface area contributed by atoms with Crippen molar-refractivity contribution in [1.82, 2.24) is 24.2 Å². The van der Waals surface area contributed by atoms with Crippen molar-refractivity contribution in [2.75, 3.05) is 39.4 Å². The molecule has 1 aliphatic heterocycles. The lowest BCUT2D eigenvalue weighted by atomic mass is 9.80. The van der Waals surface area contributed by atoms with Gasteiger partial charge in [0, 0.05) is 30.8 Å². The molecule has 2 aromatic heterocycles. The number of rotatable bonds is 21. The summed E-state index contributed by atoms with van der Waals surface area (Å²) in [5.74, 6) is 1.54. The van der Waals surface area contributed by atoms with Gasteiger partial charge in [0.05, 0.1) is 46.3 Å². The molecule has 352 valence electrons. The first-order valence-corrected chi connectivity index (χ1v) is 23.6. The molecule has 1 amide bonds. The Morgan fingerprint density at radius 2 is 1.36 bits per heavy atom. The van der Waals surface area contributed by atoms with Crippen LogP contribution in [0.1, 0.15) is 81.2 Å². The number of imidazole rings is 1.